The monoisotopic (exact) mass is 439 g/mol. The first-order valence-corrected chi connectivity index (χ1v) is 10.3. The maximum atomic E-state index is 13.1. The molecule has 3 aromatic rings. The third-order valence-corrected chi connectivity index (χ3v) is 4.57. The Bertz CT molecular complexity index is 1050. The van der Waals surface area contributed by atoms with Crippen LogP contribution in [0, 0.1) is 0 Å². The Kier molecular flexibility index (Phi) is 7.37. The van der Waals surface area contributed by atoms with Gasteiger partial charge in [-0.15, -0.1) is 0 Å². The maximum Gasteiger partial charge on any atom is 0.408 e. The second-order valence-electron chi connectivity index (χ2n) is 8.33. The fourth-order valence-electron chi connectivity index (χ4n) is 3.17. The fraction of sp³-hybridized carbons (Fsp3) is 0.333. The topological polar surface area (TPSA) is 102 Å². The van der Waals surface area contributed by atoms with Gasteiger partial charge < -0.3 is 29.8 Å². The number of para-hydroxylation sites is 1. The molecule has 8 nitrogen and oxygen atoms in total. The molecule has 0 radical (unpaired) electrons. The molecule has 1 aromatic heterocycles. The zero-order chi connectivity index (χ0) is 23.1. The van der Waals surface area contributed by atoms with Gasteiger partial charge in [0.25, 0.3) is 0 Å². The van der Waals surface area contributed by atoms with E-state index in [0.717, 1.165) is 16.5 Å². The summed E-state index contributed by atoms with van der Waals surface area (Å²) >= 11 is 0. The van der Waals surface area contributed by atoms with Crippen LogP contribution in [-0.2, 0) is 20.7 Å². The Morgan fingerprint density at radius 3 is 2.47 bits per heavy atom. The number of H-pyrrole nitrogens is 1. The highest BCUT2D eigenvalue weighted by atomic mass is 16.7. The third-order valence-electron chi connectivity index (χ3n) is 4.57. The van der Waals surface area contributed by atoms with E-state index in [1.54, 1.807) is 52.1 Å². The van der Waals surface area contributed by atoms with Gasteiger partial charge in [-0.1, -0.05) is 18.2 Å². The van der Waals surface area contributed by atoms with Gasteiger partial charge in [0.05, 0.1) is 0 Å². The van der Waals surface area contributed by atoms with E-state index in [-0.39, 0.29) is 12.7 Å². The van der Waals surface area contributed by atoms with Gasteiger partial charge in [0, 0.05) is 36.3 Å². The Labute approximate surface area is 187 Å². The number of hydrogen-bond donors (Lipinski definition) is 3. The Morgan fingerprint density at radius 1 is 1.06 bits per heavy atom. The van der Waals surface area contributed by atoms with Crippen LogP contribution in [0.1, 0.15) is 26.3 Å². The lowest BCUT2D eigenvalue weighted by Gasteiger charge is -2.23. The van der Waals surface area contributed by atoms with Crippen LogP contribution < -0.4 is 15.4 Å². The van der Waals surface area contributed by atoms with E-state index in [2.05, 4.69) is 15.6 Å². The molecule has 1 atom stereocenters. The number of amides is 2. The number of fused-ring (bicyclic) bond motifs is 1. The van der Waals surface area contributed by atoms with Gasteiger partial charge in [0.1, 0.15) is 17.4 Å². The molecule has 0 spiro atoms. The second kappa shape index (κ2) is 10.2. The van der Waals surface area contributed by atoms with E-state index in [9.17, 15) is 9.59 Å². The van der Waals surface area contributed by atoms with Crippen LogP contribution in [0.25, 0.3) is 10.9 Å². The number of benzene rings is 2. The number of aromatic nitrogens is 1. The van der Waals surface area contributed by atoms with E-state index in [0.29, 0.717) is 17.9 Å². The van der Waals surface area contributed by atoms with Gasteiger partial charge >= 0.3 is 6.09 Å². The van der Waals surface area contributed by atoms with E-state index >= 15 is 0 Å². The predicted octanol–water partition coefficient (Wildman–Crippen LogP) is 4.23. The molecule has 170 valence electrons. The highest BCUT2D eigenvalue weighted by Gasteiger charge is 2.25. The van der Waals surface area contributed by atoms with Gasteiger partial charge in [0.2, 0.25) is 5.91 Å². The van der Waals surface area contributed by atoms with E-state index < -0.39 is 17.7 Å². The van der Waals surface area contributed by atoms with Crippen LogP contribution in [0.3, 0.4) is 0 Å². The van der Waals surface area contributed by atoms with Crippen LogP contribution in [0.2, 0.25) is 0 Å². The molecule has 0 aliphatic carbocycles. The molecule has 2 amide bonds. The van der Waals surface area contributed by atoms with Crippen molar-refractivity contribution in [2.45, 2.75) is 38.8 Å². The van der Waals surface area contributed by atoms with Crippen molar-refractivity contribution in [3.05, 3.63) is 60.3 Å². The summed E-state index contributed by atoms with van der Waals surface area (Å²) in [5.74, 6) is 0.263. The van der Waals surface area contributed by atoms with Crippen molar-refractivity contribution < 1.29 is 23.8 Å². The standard InChI is InChI=1S/C24H29N3O5/c1-24(2,3)32-23(29)27-21(13-16-14-25-20-8-6-5-7-19(16)20)22(28)26-17-9-11-18(12-10-17)31-15-30-4/h5-12,14,21,25H,13,15H2,1-4H3,(H,26,28)(H,27,29)/t21-/m0/s1. The minimum atomic E-state index is -0.839. The maximum absolute atomic E-state index is 13.1. The average molecular weight is 440 g/mol. The Morgan fingerprint density at radius 2 is 1.78 bits per heavy atom. The lowest BCUT2D eigenvalue weighted by molar-refractivity contribution is -0.118. The number of anilines is 1. The van der Waals surface area contributed by atoms with Crippen molar-refractivity contribution in [1.82, 2.24) is 10.3 Å². The van der Waals surface area contributed by atoms with Gasteiger partial charge in [-0.3, -0.25) is 4.79 Å². The zero-order valence-electron chi connectivity index (χ0n) is 18.7. The molecule has 1 heterocycles. The van der Waals surface area contributed by atoms with Crippen molar-refractivity contribution in [3.63, 3.8) is 0 Å². The molecule has 3 rings (SSSR count). The highest BCUT2D eigenvalue weighted by Crippen LogP contribution is 2.21. The summed E-state index contributed by atoms with van der Waals surface area (Å²) in [6.45, 7) is 5.45. The first-order valence-electron chi connectivity index (χ1n) is 10.3. The van der Waals surface area contributed by atoms with E-state index in [4.69, 9.17) is 14.2 Å². The van der Waals surface area contributed by atoms with Gasteiger partial charge in [-0.2, -0.15) is 0 Å². The van der Waals surface area contributed by atoms with Crippen molar-refractivity contribution in [2.24, 2.45) is 0 Å². The molecule has 0 saturated carbocycles. The SMILES string of the molecule is COCOc1ccc(NC(=O)[C@H](Cc2c[nH]c3ccccc23)NC(=O)OC(C)(C)C)cc1. The van der Waals surface area contributed by atoms with Crippen molar-refractivity contribution in [1.29, 1.82) is 0 Å². The smallest absolute Gasteiger partial charge is 0.408 e. The van der Waals surface area contributed by atoms with Crippen molar-refractivity contribution in [3.8, 4) is 5.75 Å². The highest BCUT2D eigenvalue weighted by molar-refractivity contribution is 5.97. The number of carbonyl (C=O) groups excluding carboxylic acids is 2. The largest absolute Gasteiger partial charge is 0.468 e. The summed E-state index contributed by atoms with van der Waals surface area (Å²) in [6, 6.07) is 13.9. The molecule has 0 unspecified atom stereocenters. The van der Waals surface area contributed by atoms with Crippen LogP contribution in [0.5, 0.6) is 5.75 Å². The molecule has 8 heteroatoms. The fourth-order valence-corrected chi connectivity index (χ4v) is 3.17. The number of methoxy groups -OCH3 is 1. The number of rotatable bonds is 8. The number of aromatic amines is 1. The second-order valence-corrected chi connectivity index (χ2v) is 8.33. The predicted molar refractivity (Wildman–Crippen MR) is 123 cm³/mol. The van der Waals surface area contributed by atoms with Gasteiger partial charge in [-0.25, -0.2) is 4.79 Å². The minimum Gasteiger partial charge on any atom is -0.468 e. The molecule has 2 aromatic carbocycles. The lowest BCUT2D eigenvalue weighted by Crippen LogP contribution is -2.47. The summed E-state index contributed by atoms with van der Waals surface area (Å²) in [4.78, 5) is 28.7. The third kappa shape index (κ3) is 6.49. The van der Waals surface area contributed by atoms with Crippen molar-refractivity contribution >= 4 is 28.6 Å². The molecule has 0 fully saturated rings. The molecule has 0 bridgehead atoms. The Hall–Kier alpha value is -3.52. The van der Waals surface area contributed by atoms with Crippen molar-refractivity contribution in [2.75, 3.05) is 19.2 Å². The number of carbonyl (C=O) groups is 2. The number of ether oxygens (including phenoxy) is 3. The number of nitrogens with one attached hydrogen (secondary N) is 3. The van der Waals surface area contributed by atoms with Gasteiger partial charge in [-0.05, 0) is 56.7 Å². The average Bonchev–Trinajstić information content (AvgIpc) is 3.14. The normalized spacial score (nSPS) is 12.2. The summed E-state index contributed by atoms with van der Waals surface area (Å²) in [5.41, 5.74) is 1.78. The van der Waals surface area contributed by atoms with Crippen LogP contribution >= 0.6 is 0 Å². The van der Waals surface area contributed by atoms with Crippen LogP contribution in [-0.4, -0.2) is 42.5 Å². The summed E-state index contributed by atoms with van der Waals surface area (Å²) in [5, 5.41) is 6.55. The first kappa shape index (κ1) is 23.1. The molecule has 32 heavy (non-hydrogen) atoms. The van der Waals surface area contributed by atoms with E-state index in [1.807, 2.05) is 30.5 Å². The summed E-state index contributed by atoms with van der Waals surface area (Å²) < 4.78 is 15.6. The molecule has 3 N–H and O–H groups in total. The molecular formula is C24H29N3O5. The summed E-state index contributed by atoms with van der Waals surface area (Å²) in [7, 11) is 1.54. The number of hydrogen-bond acceptors (Lipinski definition) is 5. The van der Waals surface area contributed by atoms with Crippen LogP contribution in [0.15, 0.2) is 54.7 Å². The molecule has 0 aliphatic heterocycles. The molecular weight excluding hydrogens is 410 g/mol. The summed E-state index contributed by atoms with van der Waals surface area (Å²) in [6.07, 6.45) is 1.49. The molecule has 0 saturated heterocycles. The zero-order valence-corrected chi connectivity index (χ0v) is 18.7. The van der Waals surface area contributed by atoms with Gasteiger partial charge in [0.15, 0.2) is 6.79 Å². The number of alkyl carbamates (subject to hydrolysis) is 1. The Balaban J connectivity index is 1.76. The quantitative estimate of drug-likeness (QED) is 0.456. The minimum absolute atomic E-state index is 0.137. The molecule has 0 aliphatic rings. The van der Waals surface area contributed by atoms with Crippen LogP contribution in [0.4, 0.5) is 10.5 Å². The van der Waals surface area contributed by atoms with E-state index in [1.165, 1.54) is 0 Å². The first-order chi connectivity index (χ1) is 15.2. The lowest BCUT2D eigenvalue weighted by atomic mass is 10.0.